The number of benzene rings is 1. The molecular formula is C16H24N2O3S. The summed E-state index contributed by atoms with van der Waals surface area (Å²) in [5.41, 5.74) is 0.524. The monoisotopic (exact) mass is 324 g/mol. The molecule has 0 radical (unpaired) electrons. The molecule has 1 aromatic rings. The summed E-state index contributed by atoms with van der Waals surface area (Å²) in [6, 6.07) is 6.07. The maximum Gasteiger partial charge on any atom is 0.243 e. The van der Waals surface area contributed by atoms with Crippen LogP contribution in [-0.2, 0) is 10.0 Å². The molecule has 1 aliphatic rings. The Labute approximate surface area is 133 Å². The van der Waals surface area contributed by atoms with Crippen molar-refractivity contribution < 1.29 is 13.2 Å². The van der Waals surface area contributed by atoms with Crippen molar-refractivity contribution in [3.05, 3.63) is 29.8 Å². The van der Waals surface area contributed by atoms with Crippen LogP contribution in [0.1, 0.15) is 38.1 Å². The van der Waals surface area contributed by atoms with E-state index in [-0.39, 0.29) is 22.8 Å². The van der Waals surface area contributed by atoms with Crippen molar-refractivity contribution >= 4 is 15.8 Å². The lowest BCUT2D eigenvalue weighted by molar-refractivity contribution is 0.101. The van der Waals surface area contributed by atoms with Crippen molar-refractivity contribution in [2.24, 2.45) is 0 Å². The quantitative estimate of drug-likeness (QED) is 0.795. The highest BCUT2D eigenvalue weighted by atomic mass is 32.2. The molecule has 1 saturated heterocycles. The molecule has 1 heterocycles. The van der Waals surface area contributed by atoms with Gasteiger partial charge in [-0.05, 0) is 39.4 Å². The Balaban J connectivity index is 2.31. The zero-order valence-corrected chi connectivity index (χ0v) is 14.4. The van der Waals surface area contributed by atoms with Crippen molar-refractivity contribution in [3.63, 3.8) is 0 Å². The summed E-state index contributed by atoms with van der Waals surface area (Å²) < 4.78 is 27.4. The van der Waals surface area contributed by atoms with Crippen molar-refractivity contribution in [3.8, 4) is 0 Å². The molecule has 1 fully saturated rings. The van der Waals surface area contributed by atoms with Crippen LogP contribution < -0.4 is 0 Å². The van der Waals surface area contributed by atoms with E-state index in [2.05, 4.69) is 11.8 Å². The second-order valence-electron chi connectivity index (χ2n) is 5.97. The van der Waals surface area contributed by atoms with E-state index < -0.39 is 10.0 Å². The van der Waals surface area contributed by atoms with E-state index in [9.17, 15) is 13.2 Å². The molecule has 22 heavy (non-hydrogen) atoms. The number of sulfonamides is 1. The largest absolute Gasteiger partial charge is 0.300 e. The molecule has 0 spiro atoms. The third-order valence-corrected chi connectivity index (χ3v) is 6.34. The van der Waals surface area contributed by atoms with Gasteiger partial charge in [0.15, 0.2) is 5.78 Å². The third-order valence-electron chi connectivity index (χ3n) is 4.20. The molecule has 1 aromatic carbocycles. The lowest BCUT2D eigenvalue weighted by Crippen LogP contribution is -2.58. The van der Waals surface area contributed by atoms with E-state index in [0.29, 0.717) is 5.56 Å². The van der Waals surface area contributed by atoms with E-state index in [1.54, 1.807) is 16.4 Å². The molecule has 122 valence electrons. The lowest BCUT2D eigenvalue weighted by atomic mass is 10.1. The van der Waals surface area contributed by atoms with Gasteiger partial charge in [-0.1, -0.05) is 19.1 Å². The molecule has 0 aliphatic carbocycles. The number of carbonyl (C=O) groups excluding carboxylic acids is 1. The van der Waals surface area contributed by atoms with E-state index in [0.717, 1.165) is 19.6 Å². The highest BCUT2D eigenvalue weighted by Crippen LogP contribution is 2.25. The van der Waals surface area contributed by atoms with Gasteiger partial charge in [-0.2, -0.15) is 4.31 Å². The Morgan fingerprint density at radius 2 is 1.64 bits per heavy atom. The van der Waals surface area contributed by atoms with Gasteiger partial charge in [0.1, 0.15) is 0 Å². The number of Topliss-reactive ketones (excluding diaryl/α,β-unsaturated/α-hetero) is 1. The maximum atomic E-state index is 12.9. The molecule has 0 N–H and O–H groups in total. The van der Waals surface area contributed by atoms with Crippen molar-refractivity contribution in [1.82, 2.24) is 9.21 Å². The van der Waals surface area contributed by atoms with Crippen LogP contribution in [0.4, 0.5) is 0 Å². The third kappa shape index (κ3) is 3.24. The minimum absolute atomic E-state index is 0.0674. The second kappa shape index (κ2) is 6.48. The van der Waals surface area contributed by atoms with Gasteiger partial charge in [0.25, 0.3) is 0 Å². The van der Waals surface area contributed by atoms with Crippen LogP contribution in [-0.4, -0.2) is 55.1 Å². The fourth-order valence-corrected chi connectivity index (χ4v) is 4.94. The molecule has 0 saturated carbocycles. The summed E-state index contributed by atoms with van der Waals surface area (Å²) in [4.78, 5) is 13.8. The molecular weight excluding hydrogens is 300 g/mol. The predicted octanol–water partition coefficient (Wildman–Crippen LogP) is 1.99. The average molecular weight is 324 g/mol. The van der Waals surface area contributed by atoms with Gasteiger partial charge in [0.05, 0.1) is 4.90 Å². The summed E-state index contributed by atoms with van der Waals surface area (Å²) in [6.45, 7) is 9.86. The average Bonchev–Trinajstić information content (AvgIpc) is 2.46. The van der Waals surface area contributed by atoms with Gasteiger partial charge in [-0.25, -0.2) is 8.42 Å². The first-order chi connectivity index (χ1) is 10.3. The normalized spacial score (nSPS) is 24.4. The first-order valence-electron chi connectivity index (χ1n) is 7.64. The Hall–Kier alpha value is -1.24. The van der Waals surface area contributed by atoms with Crippen LogP contribution in [0.3, 0.4) is 0 Å². The number of ketones is 1. The highest BCUT2D eigenvalue weighted by Gasteiger charge is 2.37. The minimum atomic E-state index is -3.54. The Morgan fingerprint density at radius 3 is 2.05 bits per heavy atom. The number of nitrogens with zero attached hydrogens (tertiary/aromatic N) is 2. The molecule has 1 aliphatic heterocycles. The van der Waals surface area contributed by atoms with E-state index in [4.69, 9.17) is 0 Å². The fraction of sp³-hybridized carbons (Fsp3) is 0.562. The fourth-order valence-electron chi connectivity index (χ4n) is 3.13. The first kappa shape index (κ1) is 17.1. The smallest absolute Gasteiger partial charge is 0.243 e. The number of rotatable bonds is 4. The number of hydrogen-bond acceptors (Lipinski definition) is 4. The maximum absolute atomic E-state index is 12.9. The van der Waals surface area contributed by atoms with Crippen LogP contribution in [0, 0.1) is 0 Å². The number of carbonyl (C=O) groups is 1. The summed E-state index contributed by atoms with van der Waals surface area (Å²) in [7, 11) is -3.54. The minimum Gasteiger partial charge on any atom is -0.300 e. The van der Waals surface area contributed by atoms with E-state index in [1.165, 1.54) is 19.1 Å². The van der Waals surface area contributed by atoms with Crippen molar-refractivity contribution in [2.75, 3.05) is 19.6 Å². The van der Waals surface area contributed by atoms with Crippen LogP contribution in [0.25, 0.3) is 0 Å². The molecule has 0 bridgehead atoms. The standard InChI is InChI=1S/C16H24N2O3S/c1-5-17-10-12(2)18(13(3)11-17)22(20,21)16-8-6-15(7-9-16)14(4)19/h6-9,12-13H,5,10-11H2,1-4H3. The summed E-state index contributed by atoms with van der Waals surface area (Å²) in [5, 5.41) is 0. The number of piperazine rings is 1. The Kier molecular flexibility index (Phi) is 5.04. The zero-order chi connectivity index (χ0) is 16.5. The van der Waals surface area contributed by atoms with Gasteiger partial charge in [0.2, 0.25) is 10.0 Å². The Bertz CT molecular complexity index is 628. The van der Waals surface area contributed by atoms with Crippen LogP contribution in [0.5, 0.6) is 0 Å². The predicted molar refractivity (Wildman–Crippen MR) is 86.5 cm³/mol. The molecule has 5 nitrogen and oxygen atoms in total. The molecule has 2 atom stereocenters. The topological polar surface area (TPSA) is 57.7 Å². The zero-order valence-electron chi connectivity index (χ0n) is 13.6. The van der Waals surface area contributed by atoms with Gasteiger partial charge >= 0.3 is 0 Å². The van der Waals surface area contributed by atoms with E-state index >= 15 is 0 Å². The van der Waals surface area contributed by atoms with Crippen LogP contribution >= 0.6 is 0 Å². The van der Waals surface area contributed by atoms with E-state index in [1.807, 2.05) is 13.8 Å². The van der Waals surface area contributed by atoms with Gasteiger partial charge in [0, 0.05) is 30.7 Å². The van der Waals surface area contributed by atoms with Crippen molar-refractivity contribution in [1.29, 1.82) is 0 Å². The van der Waals surface area contributed by atoms with Crippen molar-refractivity contribution in [2.45, 2.75) is 44.7 Å². The Morgan fingerprint density at radius 1 is 1.14 bits per heavy atom. The molecule has 0 amide bonds. The summed E-state index contributed by atoms with van der Waals surface area (Å²) in [5.74, 6) is -0.0674. The number of hydrogen-bond donors (Lipinski definition) is 0. The highest BCUT2D eigenvalue weighted by molar-refractivity contribution is 7.89. The van der Waals surface area contributed by atoms with Gasteiger partial charge < -0.3 is 4.90 Å². The second-order valence-corrected chi connectivity index (χ2v) is 7.81. The van der Waals surface area contributed by atoms with Gasteiger partial charge in [-0.3, -0.25) is 4.79 Å². The molecule has 2 unspecified atom stereocenters. The summed E-state index contributed by atoms with van der Waals surface area (Å²) in [6.07, 6.45) is 0. The first-order valence-corrected chi connectivity index (χ1v) is 9.08. The molecule has 6 heteroatoms. The lowest BCUT2D eigenvalue weighted by Gasteiger charge is -2.43. The summed E-state index contributed by atoms with van der Waals surface area (Å²) >= 11 is 0. The SMILES string of the molecule is CCN1CC(C)N(S(=O)(=O)c2ccc(C(C)=O)cc2)C(C)C1. The van der Waals surface area contributed by atoms with Gasteiger partial charge in [-0.15, -0.1) is 0 Å². The molecule has 0 aromatic heterocycles. The van der Waals surface area contributed by atoms with Crippen LogP contribution in [0.15, 0.2) is 29.2 Å². The van der Waals surface area contributed by atoms with Crippen LogP contribution in [0.2, 0.25) is 0 Å². The number of likely N-dealkylation sites (N-methyl/N-ethyl adjacent to an activating group) is 1. The molecule has 2 rings (SSSR count).